The van der Waals surface area contributed by atoms with Gasteiger partial charge in [-0.1, -0.05) is 155 Å². The van der Waals surface area contributed by atoms with E-state index in [1.807, 2.05) is 43.3 Å². The van der Waals surface area contributed by atoms with E-state index in [2.05, 4.69) is 109 Å². The van der Waals surface area contributed by atoms with E-state index >= 15 is 4.79 Å². The molecule has 6 nitrogen and oxygen atoms in total. The Morgan fingerprint density at radius 1 is 0.540 bits per heavy atom. The molecule has 0 heterocycles. The van der Waals surface area contributed by atoms with Crippen LogP contribution in [0, 0.1) is 0 Å². The van der Waals surface area contributed by atoms with E-state index in [4.69, 9.17) is 0 Å². The molecule has 4 rings (SSSR count). The molecule has 4 aromatic carbocycles. The van der Waals surface area contributed by atoms with Crippen molar-refractivity contribution >= 4 is 29.2 Å². The monoisotopic (exact) mass is 674 g/mol. The predicted octanol–water partition coefficient (Wildman–Crippen LogP) is 10.4. The molecule has 0 fully saturated rings. The third kappa shape index (κ3) is 8.18. The normalized spacial score (nSPS) is 12.4. The minimum absolute atomic E-state index is 0.101. The topological polar surface area (TPSA) is 95.5 Å². The van der Waals surface area contributed by atoms with Crippen LogP contribution < -0.4 is 10.6 Å². The molecule has 0 aromatic heterocycles. The van der Waals surface area contributed by atoms with Gasteiger partial charge in [-0.2, -0.15) is 0 Å². The zero-order valence-corrected chi connectivity index (χ0v) is 31.5. The summed E-state index contributed by atoms with van der Waals surface area (Å²) >= 11 is 0. The average molecular weight is 675 g/mol. The standard InChI is InChI=1S/C44H54N2O4/c1-11-12-16-37(47)45-35-14-13-15-36(38(35)39(48)49)46-40(50)44(32-23-17-29(18-24-32)41(2,3)4,33-25-19-30(20-26-33)42(5,6)7)34-27-21-31(22-28-34)43(8,9)10/h13-15,17-28H,11-12,16H2,1-10H3,(H,45,47)(H,46,50)(H,48,49). The predicted molar refractivity (Wildman–Crippen MR) is 205 cm³/mol. The van der Waals surface area contributed by atoms with Crippen molar-refractivity contribution in [2.75, 3.05) is 10.6 Å². The van der Waals surface area contributed by atoms with Crippen molar-refractivity contribution in [3.05, 3.63) is 130 Å². The van der Waals surface area contributed by atoms with E-state index in [1.54, 1.807) is 18.2 Å². The molecule has 0 saturated carbocycles. The van der Waals surface area contributed by atoms with Gasteiger partial charge in [0.15, 0.2) is 0 Å². The first-order valence-electron chi connectivity index (χ1n) is 17.6. The van der Waals surface area contributed by atoms with Crippen LogP contribution in [-0.2, 0) is 31.2 Å². The fraction of sp³-hybridized carbons (Fsp3) is 0.386. The minimum atomic E-state index is -1.38. The lowest BCUT2D eigenvalue weighted by molar-refractivity contribution is -0.119. The van der Waals surface area contributed by atoms with Gasteiger partial charge < -0.3 is 15.7 Å². The van der Waals surface area contributed by atoms with Gasteiger partial charge in [0.2, 0.25) is 11.8 Å². The highest BCUT2D eigenvalue weighted by Crippen LogP contribution is 2.43. The highest BCUT2D eigenvalue weighted by molar-refractivity contribution is 6.11. The van der Waals surface area contributed by atoms with Gasteiger partial charge in [0.25, 0.3) is 0 Å². The van der Waals surface area contributed by atoms with Crippen molar-refractivity contribution in [3.8, 4) is 0 Å². The molecule has 50 heavy (non-hydrogen) atoms. The van der Waals surface area contributed by atoms with E-state index in [1.165, 1.54) is 0 Å². The molecule has 0 radical (unpaired) electrons. The number of rotatable bonds is 10. The molecule has 0 aliphatic heterocycles. The van der Waals surface area contributed by atoms with Crippen LogP contribution in [0.1, 0.15) is 132 Å². The maximum atomic E-state index is 15.3. The van der Waals surface area contributed by atoms with Gasteiger partial charge in [0.05, 0.1) is 11.4 Å². The number of hydrogen-bond acceptors (Lipinski definition) is 3. The van der Waals surface area contributed by atoms with Crippen LogP contribution in [0.25, 0.3) is 0 Å². The molecule has 6 heteroatoms. The molecule has 0 bridgehead atoms. The Labute approximate surface area is 298 Å². The van der Waals surface area contributed by atoms with Crippen LogP contribution in [0.4, 0.5) is 11.4 Å². The number of carbonyl (C=O) groups excluding carboxylic acids is 2. The lowest BCUT2D eigenvalue weighted by Gasteiger charge is -2.36. The fourth-order valence-corrected chi connectivity index (χ4v) is 6.31. The quantitative estimate of drug-likeness (QED) is 0.146. The average Bonchev–Trinajstić information content (AvgIpc) is 3.03. The van der Waals surface area contributed by atoms with Gasteiger partial charge >= 0.3 is 5.97 Å². The number of anilines is 2. The van der Waals surface area contributed by atoms with Gasteiger partial charge in [-0.15, -0.1) is 0 Å². The first kappa shape index (κ1) is 38.1. The Bertz CT molecular complexity index is 1680. The molecule has 0 saturated heterocycles. The van der Waals surface area contributed by atoms with Crippen molar-refractivity contribution in [2.24, 2.45) is 0 Å². The number of aromatic carboxylic acids is 1. The first-order valence-corrected chi connectivity index (χ1v) is 17.6. The van der Waals surface area contributed by atoms with Gasteiger partial charge in [-0.25, -0.2) is 4.79 Å². The number of carboxylic acid groups (broad SMARTS) is 1. The molecule has 4 aromatic rings. The molecule has 264 valence electrons. The molecule has 2 amide bonds. The zero-order valence-electron chi connectivity index (χ0n) is 31.5. The Kier molecular flexibility index (Phi) is 11.2. The second kappa shape index (κ2) is 14.6. The number of hydrogen-bond donors (Lipinski definition) is 3. The van der Waals surface area contributed by atoms with Gasteiger partial charge in [-0.3, -0.25) is 9.59 Å². The highest BCUT2D eigenvalue weighted by Gasteiger charge is 2.45. The van der Waals surface area contributed by atoms with Crippen LogP contribution in [0.5, 0.6) is 0 Å². The second-order valence-corrected chi connectivity index (χ2v) is 16.4. The van der Waals surface area contributed by atoms with E-state index in [0.29, 0.717) is 6.42 Å². The summed E-state index contributed by atoms with van der Waals surface area (Å²) < 4.78 is 0. The van der Waals surface area contributed by atoms with E-state index < -0.39 is 17.3 Å². The zero-order chi connectivity index (χ0) is 37.1. The summed E-state index contributed by atoms with van der Waals surface area (Å²) in [5.41, 5.74) is 3.99. The number of carbonyl (C=O) groups is 3. The Morgan fingerprint density at radius 3 is 1.20 bits per heavy atom. The Hall–Kier alpha value is -4.71. The van der Waals surface area contributed by atoms with Crippen LogP contribution in [0.2, 0.25) is 0 Å². The van der Waals surface area contributed by atoms with Crippen molar-refractivity contribution in [3.63, 3.8) is 0 Å². The third-order valence-electron chi connectivity index (χ3n) is 9.45. The maximum Gasteiger partial charge on any atom is 0.339 e. The number of carboxylic acids is 1. The fourth-order valence-electron chi connectivity index (χ4n) is 6.31. The smallest absolute Gasteiger partial charge is 0.339 e. The summed E-state index contributed by atoms with van der Waals surface area (Å²) in [6, 6.07) is 29.3. The molecule has 0 atom stereocenters. The Morgan fingerprint density at radius 2 is 0.880 bits per heavy atom. The molecule has 3 N–H and O–H groups in total. The summed E-state index contributed by atoms with van der Waals surface area (Å²) in [7, 11) is 0. The summed E-state index contributed by atoms with van der Waals surface area (Å²) in [6.45, 7) is 21.4. The van der Waals surface area contributed by atoms with Gasteiger partial charge in [0.1, 0.15) is 11.0 Å². The lowest BCUT2D eigenvalue weighted by atomic mass is 9.67. The van der Waals surface area contributed by atoms with Crippen LogP contribution in [0.15, 0.2) is 91.0 Å². The Balaban J connectivity index is 2.01. The molecular weight excluding hydrogens is 620 g/mol. The molecular formula is C44H54N2O4. The van der Waals surface area contributed by atoms with Gasteiger partial charge in [0, 0.05) is 6.42 Å². The van der Waals surface area contributed by atoms with Crippen molar-refractivity contribution in [1.29, 1.82) is 0 Å². The SMILES string of the molecule is CCCCC(=O)Nc1cccc(NC(=O)C(c2ccc(C(C)(C)C)cc2)(c2ccc(C(C)(C)C)cc2)c2ccc(C(C)(C)C)cc2)c1C(=O)O. The minimum Gasteiger partial charge on any atom is -0.478 e. The van der Waals surface area contributed by atoms with E-state index in [0.717, 1.165) is 39.8 Å². The first-order chi connectivity index (χ1) is 23.3. The number of benzene rings is 4. The van der Waals surface area contributed by atoms with Gasteiger partial charge in [-0.05, 0) is 68.2 Å². The number of unbranched alkanes of at least 4 members (excludes halogenated alkanes) is 1. The summed E-state index contributed by atoms with van der Waals surface area (Å²) in [5, 5.41) is 16.2. The summed E-state index contributed by atoms with van der Waals surface area (Å²) in [6.07, 6.45) is 1.79. The van der Waals surface area contributed by atoms with Crippen molar-refractivity contribution in [2.45, 2.75) is 110 Å². The van der Waals surface area contributed by atoms with Crippen LogP contribution in [-0.4, -0.2) is 22.9 Å². The third-order valence-corrected chi connectivity index (χ3v) is 9.45. The summed E-state index contributed by atoms with van der Waals surface area (Å²) in [5.74, 6) is -1.94. The van der Waals surface area contributed by atoms with Crippen LogP contribution in [0.3, 0.4) is 0 Å². The molecule has 0 spiro atoms. The van der Waals surface area contributed by atoms with Crippen molar-refractivity contribution in [1.82, 2.24) is 0 Å². The molecule has 0 aliphatic rings. The van der Waals surface area contributed by atoms with Crippen molar-refractivity contribution < 1.29 is 19.5 Å². The maximum absolute atomic E-state index is 15.3. The largest absolute Gasteiger partial charge is 0.478 e. The molecule has 0 unspecified atom stereocenters. The second-order valence-electron chi connectivity index (χ2n) is 16.4. The lowest BCUT2D eigenvalue weighted by Crippen LogP contribution is -2.43. The summed E-state index contributed by atoms with van der Waals surface area (Å²) in [4.78, 5) is 40.8. The molecule has 0 aliphatic carbocycles. The van der Waals surface area contributed by atoms with Crippen LogP contribution >= 0.6 is 0 Å². The number of amides is 2. The highest BCUT2D eigenvalue weighted by atomic mass is 16.4. The van der Waals surface area contributed by atoms with E-state index in [-0.39, 0.29) is 45.5 Å². The van der Waals surface area contributed by atoms with E-state index in [9.17, 15) is 14.7 Å². The number of nitrogens with one attached hydrogen (secondary N) is 2.